The van der Waals surface area contributed by atoms with E-state index < -0.39 is 0 Å². The Kier molecular flexibility index (Phi) is 4.30. The monoisotopic (exact) mass is 272 g/mol. The Labute approximate surface area is 117 Å². The van der Waals surface area contributed by atoms with Crippen molar-refractivity contribution in [2.45, 2.75) is 13.3 Å². The predicted octanol–water partition coefficient (Wildman–Crippen LogP) is 2.29. The molecule has 0 fully saturated rings. The summed E-state index contributed by atoms with van der Waals surface area (Å²) in [5, 5.41) is 0. The van der Waals surface area contributed by atoms with E-state index in [-0.39, 0.29) is 17.4 Å². The Balaban J connectivity index is 2.48. The van der Waals surface area contributed by atoms with Crippen molar-refractivity contribution in [2.75, 3.05) is 14.2 Å². The molecule has 2 rings (SSSR count). The molecule has 5 heteroatoms. The van der Waals surface area contributed by atoms with E-state index >= 15 is 0 Å². The molecule has 0 amide bonds. The fraction of sp³-hybridized carbons (Fsp3) is 0.267. The van der Waals surface area contributed by atoms with E-state index in [0.29, 0.717) is 11.4 Å². The van der Waals surface area contributed by atoms with Gasteiger partial charge in [0.1, 0.15) is 0 Å². The summed E-state index contributed by atoms with van der Waals surface area (Å²) in [5.74, 6) is 0.275. The fourth-order valence-electron chi connectivity index (χ4n) is 1.93. The normalized spacial score (nSPS) is 10.2. The standard InChI is InChI=1S/C15H16N2O3/c1-4-10-7-5-6-8-11(10)14(18)13-15(20-3)17-12(19-2)9-16-13/h5-9H,4H2,1-3H3. The molecule has 0 saturated carbocycles. The molecule has 1 aromatic heterocycles. The highest BCUT2D eigenvalue weighted by Gasteiger charge is 2.20. The Hall–Kier alpha value is -2.43. The second-order valence-corrected chi connectivity index (χ2v) is 4.11. The minimum atomic E-state index is -0.200. The Bertz CT molecular complexity index is 626. The van der Waals surface area contributed by atoms with Crippen LogP contribution in [0.3, 0.4) is 0 Å². The highest BCUT2D eigenvalue weighted by atomic mass is 16.5. The van der Waals surface area contributed by atoms with Crippen LogP contribution in [0.15, 0.2) is 30.5 Å². The molecule has 0 aliphatic rings. The number of aryl methyl sites for hydroxylation is 1. The van der Waals surface area contributed by atoms with E-state index in [1.807, 2.05) is 25.1 Å². The van der Waals surface area contributed by atoms with Crippen molar-refractivity contribution in [2.24, 2.45) is 0 Å². The SMILES string of the molecule is CCc1ccccc1C(=O)c1ncc(OC)nc1OC. The van der Waals surface area contributed by atoms with Gasteiger partial charge < -0.3 is 9.47 Å². The summed E-state index contributed by atoms with van der Waals surface area (Å²) in [6.07, 6.45) is 2.18. The van der Waals surface area contributed by atoms with Gasteiger partial charge in [0.25, 0.3) is 0 Å². The summed E-state index contributed by atoms with van der Waals surface area (Å²) >= 11 is 0. The molecule has 0 radical (unpaired) electrons. The average molecular weight is 272 g/mol. The predicted molar refractivity (Wildman–Crippen MR) is 74.4 cm³/mol. The van der Waals surface area contributed by atoms with Crippen molar-refractivity contribution in [3.8, 4) is 11.8 Å². The summed E-state index contributed by atoms with van der Waals surface area (Å²) in [7, 11) is 2.93. The first-order valence-corrected chi connectivity index (χ1v) is 6.28. The largest absolute Gasteiger partial charge is 0.480 e. The van der Waals surface area contributed by atoms with E-state index in [4.69, 9.17) is 9.47 Å². The smallest absolute Gasteiger partial charge is 0.247 e. The molecule has 1 heterocycles. The first-order chi connectivity index (χ1) is 9.71. The van der Waals surface area contributed by atoms with Gasteiger partial charge in [0.15, 0.2) is 5.69 Å². The van der Waals surface area contributed by atoms with Crippen LogP contribution >= 0.6 is 0 Å². The molecule has 0 aliphatic carbocycles. The number of rotatable bonds is 5. The summed E-state index contributed by atoms with van der Waals surface area (Å²) < 4.78 is 10.1. The molecule has 0 aliphatic heterocycles. The Morgan fingerprint density at radius 2 is 1.95 bits per heavy atom. The molecule has 0 N–H and O–H groups in total. The van der Waals surface area contributed by atoms with Crippen LogP contribution < -0.4 is 9.47 Å². The number of hydrogen-bond acceptors (Lipinski definition) is 5. The Morgan fingerprint density at radius 3 is 2.60 bits per heavy atom. The van der Waals surface area contributed by atoms with E-state index in [1.165, 1.54) is 20.4 Å². The maximum Gasteiger partial charge on any atom is 0.247 e. The summed E-state index contributed by atoms with van der Waals surface area (Å²) in [4.78, 5) is 20.8. The molecule has 0 atom stereocenters. The average Bonchev–Trinajstić information content (AvgIpc) is 2.53. The van der Waals surface area contributed by atoms with Crippen molar-refractivity contribution in [3.63, 3.8) is 0 Å². The number of ketones is 1. The van der Waals surface area contributed by atoms with E-state index in [9.17, 15) is 4.79 Å². The van der Waals surface area contributed by atoms with Crippen LogP contribution in [0.5, 0.6) is 11.8 Å². The Morgan fingerprint density at radius 1 is 1.20 bits per heavy atom. The maximum absolute atomic E-state index is 12.6. The van der Waals surface area contributed by atoms with Crippen LogP contribution in [0.1, 0.15) is 28.5 Å². The van der Waals surface area contributed by atoms with Crippen molar-refractivity contribution in [3.05, 3.63) is 47.3 Å². The third-order valence-electron chi connectivity index (χ3n) is 2.98. The summed E-state index contributed by atoms with van der Waals surface area (Å²) in [6.45, 7) is 2.00. The van der Waals surface area contributed by atoms with Gasteiger partial charge in [-0.25, -0.2) is 4.98 Å². The lowest BCUT2D eigenvalue weighted by molar-refractivity contribution is 0.102. The highest BCUT2D eigenvalue weighted by molar-refractivity contribution is 6.10. The molecule has 0 saturated heterocycles. The van der Waals surface area contributed by atoms with E-state index in [0.717, 1.165) is 12.0 Å². The van der Waals surface area contributed by atoms with Gasteiger partial charge in [-0.1, -0.05) is 31.2 Å². The second kappa shape index (κ2) is 6.14. The van der Waals surface area contributed by atoms with Crippen LogP contribution in [0.2, 0.25) is 0 Å². The number of aromatic nitrogens is 2. The number of benzene rings is 1. The first-order valence-electron chi connectivity index (χ1n) is 6.28. The van der Waals surface area contributed by atoms with Gasteiger partial charge in [-0.05, 0) is 12.0 Å². The van der Waals surface area contributed by atoms with Gasteiger partial charge in [-0.2, -0.15) is 4.98 Å². The van der Waals surface area contributed by atoms with Crippen molar-refractivity contribution >= 4 is 5.78 Å². The van der Waals surface area contributed by atoms with Gasteiger partial charge in [0.2, 0.25) is 17.5 Å². The minimum Gasteiger partial charge on any atom is -0.480 e. The molecule has 0 spiro atoms. The van der Waals surface area contributed by atoms with E-state index in [1.54, 1.807) is 6.07 Å². The number of methoxy groups -OCH3 is 2. The van der Waals surface area contributed by atoms with Crippen LogP contribution in [-0.4, -0.2) is 30.0 Å². The van der Waals surface area contributed by atoms with Gasteiger partial charge in [-0.3, -0.25) is 4.79 Å². The molecular formula is C15H16N2O3. The number of nitrogens with zero attached hydrogens (tertiary/aromatic N) is 2. The summed E-state index contributed by atoms with van der Waals surface area (Å²) in [5.41, 5.74) is 1.78. The third kappa shape index (κ3) is 2.61. The van der Waals surface area contributed by atoms with Crippen LogP contribution in [0.25, 0.3) is 0 Å². The van der Waals surface area contributed by atoms with Crippen LogP contribution in [0, 0.1) is 0 Å². The van der Waals surface area contributed by atoms with Crippen LogP contribution in [-0.2, 0) is 6.42 Å². The second-order valence-electron chi connectivity index (χ2n) is 4.11. The van der Waals surface area contributed by atoms with Crippen molar-refractivity contribution in [1.29, 1.82) is 0 Å². The quantitative estimate of drug-likeness (QED) is 0.781. The molecule has 0 bridgehead atoms. The molecule has 2 aromatic rings. The molecule has 20 heavy (non-hydrogen) atoms. The van der Waals surface area contributed by atoms with Gasteiger partial charge in [0.05, 0.1) is 20.4 Å². The lowest BCUT2D eigenvalue weighted by Gasteiger charge is -2.09. The lowest BCUT2D eigenvalue weighted by Crippen LogP contribution is -2.10. The maximum atomic E-state index is 12.6. The highest BCUT2D eigenvalue weighted by Crippen LogP contribution is 2.22. The molecule has 5 nitrogen and oxygen atoms in total. The van der Waals surface area contributed by atoms with E-state index in [2.05, 4.69) is 9.97 Å². The number of carbonyl (C=O) groups excluding carboxylic acids is 1. The zero-order valence-electron chi connectivity index (χ0n) is 11.7. The van der Waals surface area contributed by atoms with Gasteiger partial charge in [-0.15, -0.1) is 0 Å². The first kappa shape index (κ1) is 14.0. The number of ether oxygens (including phenoxy) is 2. The van der Waals surface area contributed by atoms with Crippen molar-refractivity contribution in [1.82, 2.24) is 9.97 Å². The lowest BCUT2D eigenvalue weighted by atomic mass is 10.00. The molecular weight excluding hydrogens is 256 g/mol. The van der Waals surface area contributed by atoms with Gasteiger partial charge >= 0.3 is 0 Å². The van der Waals surface area contributed by atoms with Crippen molar-refractivity contribution < 1.29 is 14.3 Å². The molecule has 0 unspecified atom stereocenters. The zero-order valence-corrected chi connectivity index (χ0v) is 11.7. The molecule has 1 aromatic carbocycles. The van der Waals surface area contributed by atoms with Crippen LogP contribution in [0.4, 0.5) is 0 Å². The topological polar surface area (TPSA) is 61.3 Å². The number of hydrogen-bond donors (Lipinski definition) is 0. The number of carbonyl (C=O) groups is 1. The zero-order chi connectivity index (χ0) is 14.5. The minimum absolute atomic E-state index is 0.167. The summed E-state index contributed by atoms with van der Waals surface area (Å²) in [6, 6.07) is 7.45. The fourth-order valence-corrected chi connectivity index (χ4v) is 1.93. The van der Waals surface area contributed by atoms with Gasteiger partial charge in [0, 0.05) is 5.56 Å². The third-order valence-corrected chi connectivity index (χ3v) is 2.98. The molecule has 104 valence electrons.